The molecular weight excluding hydrogens is 140 g/mol. The first kappa shape index (κ1) is 16.7. The smallest absolute Gasteiger partial charge is 0.0471 e. The van der Waals surface area contributed by atoms with E-state index in [4.69, 9.17) is 0 Å². The minimum Gasteiger partial charge on any atom is -0.197 e. The summed E-state index contributed by atoms with van der Waals surface area (Å²) >= 11 is 0. The summed E-state index contributed by atoms with van der Waals surface area (Å²) in [6.07, 6.45) is 3.96. The van der Waals surface area contributed by atoms with Crippen molar-refractivity contribution in [3.8, 4) is 0 Å². The molecule has 0 amide bonds. The fourth-order valence-corrected chi connectivity index (χ4v) is 0.577. The summed E-state index contributed by atoms with van der Waals surface area (Å²) in [6.45, 7) is 11.0. The molecule has 0 aromatic heterocycles. The SMILES string of the molecule is CCC.CCCC(C)C.S. The van der Waals surface area contributed by atoms with Crippen LogP contribution in [0.1, 0.15) is 53.9 Å². The second-order valence-electron chi connectivity index (χ2n) is 2.89. The molecule has 10 heavy (non-hydrogen) atoms. The molecular formula is C9H24S. The van der Waals surface area contributed by atoms with Gasteiger partial charge in [0.2, 0.25) is 0 Å². The Balaban J connectivity index is -0.000000107. The van der Waals surface area contributed by atoms with Crippen LogP contribution >= 0.6 is 13.5 Å². The van der Waals surface area contributed by atoms with Crippen LogP contribution in [0, 0.1) is 5.92 Å². The van der Waals surface area contributed by atoms with Crippen molar-refractivity contribution in [3.05, 3.63) is 0 Å². The standard InChI is InChI=1S/C6H14.C3H8.H2S/c1-4-5-6(2)3;1-3-2;/h6H,4-5H2,1-3H3;3H2,1-2H3;1H2. The van der Waals surface area contributed by atoms with Crippen LogP contribution in [0.25, 0.3) is 0 Å². The molecule has 0 aromatic carbocycles. The minimum absolute atomic E-state index is 0. The van der Waals surface area contributed by atoms with Gasteiger partial charge >= 0.3 is 0 Å². The Morgan fingerprint density at radius 3 is 1.30 bits per heavy atom. The van der Waals surface area contributed by atoms with Gasteiger partial charge < -0.3 is 0 Å². The fraction of sp³-hybridized carbons (Fsp3) is 1.00. The van der Waals surface area contributed by atoms with Crippen molar-refractivity contribution in [2.75, 3.05) is 0 Å². The first-order chi connectivity index (χ1) is 4.18. The Bertz CT molecular complexity index is 33.7. The van der Waals surface area contributed by atoms with Crippen molar-refractivity contribution in [1.82, 2.24) is 0 Å². The zero-order valence-electron chi connectivity index (χ0n) is 8.20. The third-order valence-electron chi connectivity index (χ3n) is 0.866. The van der Waals surface area contributed by atoms with Crippen molar-refractivity contribution >= 4 is 13.5 Å². The lowest BCUT2D eigenvalue weighted by molar-refractivity contribution is 0.576. The van der Waals surface area contributed by atoms with Gasteiger partial charge in [0.05, 0.1) is 0 Å². The molecule has 0 fully saturated rings. The number of hydrogen-bond acceptors (Lipinski definition) is 0. The van der Waals surface area contributed by atoms with E-state index in [0.29, 0.717) is 0 Å². The molecule has 0 saturated carbocycles. The molecule has 66 valence electrons. The van der Waals surface area contributed by atoms with Crippen LogP contribution in [0.5, 0.6) is 0 Å². The van der Waals surface area contributed by atoms with Gasteiger partial charge in [-0.05, 0) is 5.92 Å². The lowest BCUT2D eigenvalue weighted by Crippen LogP contribution is -1.81. The number of rotatable bonds is 2. The van der Waals surface area contributed by atoms with E-state index >= 15 is 0 Å². The monoisotopic (exact) mass is 164 g/mol. The minimum atomic E-state index is 0. The largest absolute Gasteiger partial charge is 0.197 e. The maximum absolute atomic E-state index is 2.25. The summed E-state index contributed by atoms with van der Waals surface area (Å²) in [7, 11) is 0. The molecule has 0 bridgehead atoms. The number of hydrogen-bond donors (Lipinski definition) is 0. The molecule has 0 saturated heterocycles. The highest BCUT2D eigenvalue weighted by Gasteiger charge is 1.85. The average molecular weight is 164 g/mol. The first-order valence-electron chi connectivity index (χ1n) is 4.18. The van der Waals surface area contributed by atoms with Gasteiger partial charge in [0, 0.05) is 0 Å². The average Bonchev–Trinajstić information content (AvgIpc) is 1.67. The van der Waals surface area contributed by atoms with Gasteiger partial charge in [-0.1, -0.05) is 53.9 Å². The van der Waals surface area contributed by atoms with E-state index in [1.54, 1.807) is 0 Å². The quantitative estimate of drug-likeness (QED) is 0.579. The van der Waals surface area contributed by atoms with Crippen LogP contribution in [0.4, 0.5) is 0 Å². The van der Waals surface area contributed by atoms with Crippen molar-refractivity contribution in [2.45, 2.75) is 53.9 Å². The summed E-state index contributed by atoms with van der Waals surface area (Å²) in [6, 6.07) is 0. The highest BCUT2D eigenvalue weighted by Crippen LogP contribution is 2.00. The van der Waals surface area contributed by atoms with Gasteiger partial charge in [-0.15, -0.1) is 0 Å². The van der Waals surface area contributed by atoms with Crippen LogP contribution in [0.15, 0.2) is 0 Å². The highest BCUT2D eigenvalue weighted by atomic mass is 32.1. The molecule has 0 aliphatic heterocycles. The summed E-state index contributed by atoms with van der Waals surface area (Å²) in [5, 5.41) is 0. The molecule has 0 radical (unpaired) electrons. The molecule has 0 atom stereocenters. The van der Waals surface area contributed by atoms with Gasteiger partial charge in [0.1, 0.15) is 0 Å². The van der Waals surface area contributed by atoms with E-state index < -0.39 is 0 Å². The van der Waals surface area contributed by atoms with Crippen molar-refractivity contribution in [2.24, 2.45) is 5.92 Å². The Kier molecular flexibility index (Phi) is 27.1. The van der Waals surface area contributed by atoms with Crippen LogP contribution in [0.3, 0.4) is 0 Å². The van der Waals surface area contributed by atoms with E-state index in [2.05, 4.69) is 34.6 Å². The van der Waals surface area contributed by atoms with Gasteiger partial charge in [0.25, 0.3) is 0 Å². The Hall–Kier alpha value is 0.350. The topological polar surface area (TPSA) is 0 Å². The van der Waals surface area contributed by atoms with Crippen molar-refractivity contribution in [3.63, 3.8) is 0 Å². The molecule has 0 heterocycles. The van der Waals surface area contributed by atoms with E-state index in [1.807, 2.05) is 0 Å². The summed E-state index contributed by atoms with van der Waals surface area (Å²) in [5.74, 6) is 0.898. The summed E-state index contributed by atoms with van der Waals surface area (Å²) < 4.78 is 0. The van der Waals surface area contributed by atoms with Gasteiger partial charge in [-0.25, -0.2) is 0 Å². The molecule has 0 rings (SSSR count). The fourth-order valence-electron chi connectivity index (χ4n) is 0.577. The molecule has 0 spiro atoms. The van der Waals surface area contributed by atoms with E-state index in [-0.39, 0.29) is 13.5 Å². The van der Waals surface area contributed by atoms with E-state index in [9.17, 15) is 0 Å². The van der Waals surface area contributed by atoms with Gasteiger partial charge in [0.15, 0.2) is 0 Å². The predicted molar refractivity (Wildman–Crippen MR) is 56.1 cm³/mol. The molecule has 0 aromatic rings. The lowest BCUT2D eigenvalue weighted by atomic mass is 10.1. The van der Waals surface area contributed by atoms with E-state index in [1.165, 1.54) is 19.3 Å². The maximum Gasteiger partial charge on any atom is -0.0471 e. The zero-order chi connectivity index (χ0) is 7.70. The molecule has 1 heteroatoms. The van der Waals surface area contributed by atoms with Gasteiger partial charge in [-0.3, -0.25) is 0 Å². The predicted octanol–water partition coefficient (Wildman–Crippen LogP) is 3.97. The molecule has 0 N–H and O–H groups in total. The van der Waals surface area contributed by atoms with Crippen molar-refractivity contribution in [1.29, 1.82) is 0 Å². The third kappa shape index (κ3) is 40.2. The highest BCUT2D eigenvalue weighted by molar-refractivity contribution is 7.59. The first-order valence-corrected chi connectivity index (χ1v) is 4.18. The lowest BCUT2D eigenvalue weighted by Gasteiger charge is -1.95. The van der Waals surface area contributed by atoms with Crippen LogP contribution in [-0.4, -0.2) is 0 Å². The Morgan fingerprint density at radius 2 is 1.30 bits per heavy atom. The summed E-state index contributed by atoms with van der Waals surface area (Å²) in [4.78, 5) is 0. The van der Waals surface area contributed by atoms with E-state index in [0.717, 1.165) is 5.92 Å². The van der Waals surface area contributed by atoms with Crippen LogP contribution < -0.4 is 0 Å². The Morgan fingerprint density at radius 1 is 1.00 bits per heavy atom. The van der Waals surface area contributed by atoms with Gasteiger partial charge in [-0.2, -0.15) is 13.5 Å². The maximum atomic E-state index is 2.25. The third-order valence-corrected chi connectivity index (χ3v) is 0.866. The van der Waals surface area contributed by atoms with Crippen LogP contribution in [0.2, 0.25) is 0 Å². The second kappa shape index (κ2) is 16.2. The van der Waals surface area contributed by atoms with Crippen molar-refractivity contribution < 1.29 is 0 Å². The molecule has 0 nitrogen and oxygen atoms in total. The zero-order valence-corrected chi connectivity index (χ0v) is 9.20. The normalized spacial score (nSPS) is 7.80. The molecule has 0 aliphatic carbocycles. The summed E-state index contributed by atoms with van der Waals surface area (Å²) in [5.41, 5.74) is 0. The van der Waals surface area contributed by atoms with Crippen LogP contribution in [-0.2, 0) is 0 Å². The Labute approximate surface area is 73.9 Å². The molecule has 0 unspecified atom stereocenters. The molecule has 0 aliphatic rings. The second-order valence-corrected chi connectivity index (χ2v) is 2.89.